The highest BCUT2D eigenvalue weighted by molar-refractivity contribution is 6.20. The molecule has 1 fully saturated rings. The molecule has 0 saturated carbocycles. The summed E-state index contributed by atoms with van der Waals surface area (Å²) in [6.45, 7) is 1.86. The highest BCUT2D eigenvalue weighted by Crippen LogP contribution is 2.41. The van der Waals surface area contributed by atoms with Crippen molar-refractivity contribution in [2.75, 3.05) is 0 Å². The molecule has 2 aromatic carbocycles. The molecule has 1 unspecified atom stereocenters. The molecule has 150 valence electrons. The molecule has 1 aliphatic heterocycles. The van der Waals surface area contributed by atoms with Crippen molar-refractivity contribution < 1.29 is 33.6 Å². The highest BCUT2D eigenvalue weighted by atomic mass is 16.7. The minimum absolute atomic E-state index is 0.0370. The predicted molar refractivity (Wildman–Crippen MR) is 101 cm³/mol. The number of phenolic OH excluding ortho intramolecular Hbond substituents is 2. The summed E-state index contributed by atoms with van der Waals surface area (Å²) in [5.41, 5.74) is -1.87. The zero-order chi connectivity index (χ0) is 20.4. The van der Waals surface area contributed by atoms with Crippen molar-refractivity contribution in [3.63, 3.8) is 0 Å². The molecule has 0 amide bonds. The first-order valence-electron chi connectivity index (χ1n) is 9.05. The Morgan fingerprint density at radius 1 is 1.00 bits per heavy atom. The molecule has 0 radical (unpaired) electrons. The molecule has 9 nitrogen and oxygen atoms in total. The van der Waals surface area contributed by atoms with Gasteiger partial charge < -0.3 is 33.6 Å². The average Bonchev–Trinajstić information content (AvgIpc) is 2.67. The van der Waals surface area contributed by atoms with Crippen molar-refractivity contribution in [3.8, 4) is 17.2 Å². The molecule has 29 heavy (non-hydrogen) atoms. The van der Waals surface area contributed by atoms with E-state index in [1.165, 1.54) is 12.1 Å². The molecule has 0 aliphatic carbocycles. The largest absolute Gasteiger partial charge is 0.504 e. The number of hydrogen-bond donors (Lipinski definition) is 3. The van der Waals surface area contributed by atoms with E-state index in [1.807, 2.05) is 6.92 Å². The zero-order valence-corrected chi connectivity index (χ0v) is 15.2. The number of aliphatic hydroxyl groups excluding tert-OH is 1. The Morgan fingerprint density at radius 3 is 2.52 bits per heavy atom. The van der Waals surface area contributed by atoms with Crippen molar-refractivity contribution in [2.45, 2.75) is 38.3 Å². The van der Waals surface area contributed by atoms with Crippen LogP contribution in [0.4, 0.5) is 0 Å². The van der Waals surface area contributed by atoms with E-state index in [9.17, 15) is 24.9 Å². The van der Waals surface area contributed by atoms with E-state index < -0.39 is 35.1 Å². The summed E-state index contributed by atoms with van der Waals surface area (Å²) < 4.78 is 21.8. The minimum Gasteiger partial charge on any atom is -0.504 e. The lowest BCUT2D eigenvalue weighted by Gasteiger charge is -2.32. The maximum Gasteiger partial charge on any atom is 0.344 e. The molecule has 1 saturated heterocycles. The van der Waals surface area contributed by atoms with Crippen molar-refractivity contribution >= 4 is 32.7 Å². The minimum atomic E-state index is -0.938. The van der Waals surface area contributed by atoms with Crippen LogP contribution in [0.15, 0.2) is 36.6 Å². The van der Waals surface area contributed by atoms with Crippen LogP contribution in [-0.4, -0.2) is 33.8 Å². The van der Waals surface area contributed by atoms with Gasteiger partial charge in [0.25, 0.3) is 0 Å². The first-order chi connectivity index (χ1) is 13.8. The van der Waals surface area contributed by atoms with Crippen LogP contribution in [0.25, 0.3) is 32.7 Å². The number of hydrogen-bond acceptors (Lipinski definition) is 9. The smallest absolute Gasteiger partial charge is 0.344 e. The van der Waals surface area contributed by atoms with E-state index in [0.717, 1.165) is 6.07 Å². The molecule has 3 heterocycles. The van der Waals surface area contributed by atoms with Gasteiger partial charge in [0, 0.05) is 16.8 Å². The lowest BCUT2D eigenvalue weighted by atomic mass is 10.0. The fourth-order valence-corrected chi connectivity index (χ4v) is 3.77. The summed E-state index contributed by atoms with van der Waals surface area (Å²) >= 11 is 0. The Hall–Kier alpha value is -3.30. The third kappa shape index (κ3) is 2.62. The van der Waals surface area contributed by atoms with Gasteiger partial charge in [-0.05, 0) is 31.9 Å². The second-order valence-corrected chi connectivity index (χ2v) is 7.20. The topological polar surface area (TPSA) is 140 Å². The van der Waals surface area contributed by atoms with E-state index in [2.05, 4.69) is 0 Å². The van der Waals surface area contributed by atoms with Crippen LogP contribution in [-0.2, 0) is 4.74 Å². The monoisotopic (exact) mass is 400 g/mol. The average molecular weight is 400 g/mol. The number of ether oxygens (including phenoxy) is 2. The van der Waals surface area contributed by atoms with E-state index in [4.69, 9.17) is 18.3 Å². The van der Waals surface area contributed by atoms with Gasteiger partial charge in [-0.15, -0.1) is 0 Å². The van der Waals surface area contributed by atoms with Gasteiger partial charge in [-0.2, -0.15) is 0 Å². The fraction of sp³-hybridized carbons (Fsp3) is 0.300. The Labute approximate surface area is 161 Å². The molecule has 9 heteroatoms. The maximum atomic E-state index is 12.6. The van der Waals surface area contributed by atoms with Crippen LogP contribution >= 0.6 is 0 Å². The fourth-order valence-electron chi connectivity index (χ4n) is 3.77. The standard InChI is InChI=1S/C20H16O9/c1-7-2-3-11(21)20(26-7)27-8-4-9-14-13(5-8)28-18(24)10-6-12(22)16(23)17(15(10)14)29-19(9)25/h4-7,11,20-23H,2-3H2,1H3/t7-,11?,20-/m1/s1. The lowest BCUT2D eigenvalue weighted by molar-refractivity contribution is -0.196. The van der Waals surface area contributed by atoms with Crippen molar-refractivity contribution in [1.29, 1.82) is 0 Å². The van der Waals surface area contributed by atoms with Crippen LogP contribution in [0, 0.1) is 0 Å². The summed E-state index contributed by atoms with van der Waals surface area (Å²) in [6.07, 6.45) is -0.699. The summed E-state index contributed by atoms with van der Waals surface area (Å²) in [5, 5.41) is 30.5. The van der Waals surface area contributed by atoms with Gasteiger partial charge in [-0.1, -0.05) is 0 Å². The Kier molecular flexibility index (Phi) is 3.74. The molecular formula is C20H16O9. The van der Waals surface area contributed by atoms with Gasteiger partial charge in [0.05, 0.1) is 16.9 Å². The van der Waals surface area contributed by atoms with Crippen LogP contribution in [0.5, 0.6) is 17.2 Å². The molecule has 0 bridgehead atoms. The number of rotatable bonds is 2. The summed E-state index contributed by atoms with van der Waals surface area (Å²) in [5.74, 6) is -1.10. The van der Waals surface area contributed by atoms with Gasteiger partial charge in [0.1, 0.15) is 17.4 Å². The van der Waals surface area contributed by atoms with Crippen LogP contribution < -0.4 is 16.0 Å². The highest BCUT2D eigenvalue weighted by Gasteiger charge is 2.30. The van der Waals surface area contributed by atoms with E-state index in [1.54, 1.807) is 0 Å². The summed E-state index contributed by atoms with van der Waals surface area (Å²) in [6, 6.07) is 3.86. The van der Waals surface area contributed by atoms with Gasteiger partial charge >= 0.3 is 11.3 Å². The second-order valence-electron chi connectivity index (χ2n) is 7.20. The van der Waals surface area contributed by atoms with E-state index >= 15 is 0 Å². The lowest BCUT2D eigenvalue weighted by Crippen LogP contribution is -2.41. The Bertz CT molecular complexity index is 1370. The third-order valence-corrected chi connectivity index (χ3v) is 5.20. The van der Waals surface area contributed by atoms with Crippen LogP contribution in [0.1, 0.15) is 19.8 Å². The van der Waals surface area contributed by atoms with Crippen molar-refractivity contribution in [3.05, 3.63) is 39.0 Å². The van der Waals surface area contributed by atoms with Crippen molar-refractivity contribution in [1.82, 2.24) is 0 Å². The van der Waals surface area contributed by atoms with E-state index in [-0.39, 0.29) is 44.6 Å². The molecule has 2 aromatic heterocycles. The predicted octanol–water partition coefficient (Wildman–Crippen LogP) is 2.17. The molecule has 5 rings (SSSR count). The van der Waals surface area contributed by atoms with Crippen molar-refractivity contribution in [2.24, 2.45) is 0 Å². The summed E-state index contributed by atoms with van der Waals surface area (Å²) in [7, 11) is 0. The first kappa shape index (κ1) is 17.8. The zero-order valence-electron chi connectivity index (χ0n) is 15.2. The Balaban J connectivity index is 1.77. The third-order valence-electron chi connectivity index (χ3n) is 5.20. The van der Waals surface area contributed by atoms with Crippen LogP contribution in [0.2, 0.25) is 0 Å². The molecule has 3 N–H and O–H groups in total. The SMILES string of the molecule is C[C@@H]1CCC(O)[C@@H](Oc2cc3oc(=O)c4cc(O)c(O)c5oc(=O)c(c2)c3c54)O1. The van der Waals surface area contributed by atoms with Gasteiger partial charge in [-0.3, -0.25) is 0 Å². The molecule has 1 aliphatic rings. The summed E-state index contributed by atoms with van der Waals surface area (Å²) in [4.78, 5) is 25.0. The van der Waals surface area contributed by atoms with E-state index in [0.29, 0.717) is 12.8 Å². The Morgan fingerprint density at radius 2 is 1.72 bits per heavy atom. The maximum absolute atomic E-state index is 12.6. The number of aliphatic hydroxyl groups is 1. The quantitative estimate of drug-likeness (QED) is 0.262. The van der Waals surface area contributed by atoms with Crippen LogP contribution in [0.3, 0.4) is 0 Å². The first-order valence-corrected chi connectivity index (χ1v) is 9.05. The number of aromatic hydroxyl groups is 2. The molecule has 4 aromatic rings. The second kappa shape index (κ2) is 6.10. The van der Waals surface area contributed by atoms with Gasteiger partial charge in [-0.25, -0.2) is 9.59 Å². The molecule has 0 spiro atoms. The number of phenols is 2. The number of benzene rings is 2. The van der Waals surface area contributed by atoms with Gasteiger partial charge in [0.2, 0.25) is 12.0 Å². The molecular weight excluding hydrogens is 384 g/mol. The van der Waals surface area contributed by atoms with Gasteiger partial charge in [0.15, 0.2) is 11.3 Å². The molecule has 3 atom stereocenters. The normalized spacial score (nSPS) is 22.6.